The first-order valence-corrected chi connectivity index (χ1v) is 7.84. The van der Waals surface area contributed by atoms with Gasteiger partial charge < -0.3 is 10.0 Å². The van der Waals surface area contributed by atoms with Gasteiger partial charge in [-0.25, -0.2) is 4.39 Å². The van der Waals surface area contributed by atoms with Gasteiger partial charge in [0, 0.05) is 19.0 Å². The Morgan fingerprint density at radius 3 is 2.50 bits per heavy atom. The van der Waals surface area contributed by atoms with Gasteiger partial charge in [0.05, 0.1) is 12.3 Å². The first-order valence-electron chi connectivity index (χ1n) is 7.84. The average Bonchev–Trinajstić information content (AvgIpc) is 3.01. The smallest absolute Gasteiger partial charge is 0.308 e. The topological polar surface area (TPSA) is 57.6 Å². The van der Waals surface area contributed by atoms with Crippen LogP contribution in [0, 0.1) is 11.7 Å². The zero-order valence-electron chi connectivity index (χ0n) is 13.1. The highest BCUT2D eigenvalue weighted by Crippen LogP contribution is 2.33. The third-order valence-electron chi connectivity index (χ3n) is 4.46. The van der Waals surface area contributed by atoms with Gasteiger partial charge in [-0.3, -0.25) is 9.59 Å². The van der Waals surface area contributed by atoms with E-state index < -0.39 is 11.9 Å². The van der Waals surface area contributed by atoms with Crippen LogP contribution in [0.25, 0.3) is 0 Å². The third-order valence-corrected chi connectivity index (χ3v) is 4.46. The van der Waals surface area contributed by atoms with Crippen LogP contribution < -0.4 is 0 Å². The molecule has 2 atom stereocenters. The lowest BCUT2D eigenvalue weighted by Gasteiger charge is -2.16. The highest BCUT2D eigenvalue weighted by molar-refractivity contribution is 5.81. The Morgan fingerprint density at radius 2 is 1.83 bits per heavy atom. The second-order valence-corrected chi connectivity index (χ2v) is 6.07. The van der Waals surface area contributed by atoms with E-state index in [1.807, 2.05) is 30.3 Å². The summed E-state index contributed by atoms with van der Waals surface area (Å²) in [6.07, 6.45) is 0.0750. The van der Waals surface area contributed by atoms with Crippen LogP contribution in [0.15, 0.2) is 54.6 Å². The normalized spacial score (nSPS) is 20.1. The van der Waals surface area contributed by atoms with E-state index in [9.17, 15) is 19.1 Å². The molecule has 1 heterocycles. The first kappa shape index (κ1) is 16.2. The molecule has 1 aliphatic heterocycles. The molecule has 3 rings (SSSR count). The van der Waals surface area contributed by atoms with Gasteiger partial charge in [0.2, 0.25) is 5.91 Å². The van der Waals surface area contributed by atoms with E-state index in [1.54, 1.807) is 17.0 Å². The number of carbonyl (C=O) groups is 2. The zero-order chi connectivity index (χ0) is 17.1. The number of hydrogen-bond acceptors (Lipinski definition) is 2. The van der Waals surface area contributed by atoms with Crippen molar-refractivity contribution >= 4 is 11.9 Å². The summed E-state index contributed by atoms with van der Waals surface area (Å²) in [5.41, 5.74) is 1.51. The largest absolute Gasteiger partial charge is 0.481 e. The fourth-order valence-electron chi connectivity index (χ4n) is 3.23. The van der Waals surface area contributed by atoms with Crippen LogP contribution in [0.4, 0.5) is 4.39 Å². The molecule has 124 valence electrons. The summed E-state index contributed by atoms with van der Waals surface area (Å²) in [6.45, 7) is 0.554. The number of amides is 1. The number of aliphatic carboxylic acids is 1. The number of likely N-dealkylation sites (tertiary alicyclic amines) is 1. The van der Waals surface area contributed by atoms with Crippen molar-refractivity contribution in [2.24, 2.45) is 5.92 Å². The minimum Gasteiger partial charge on any atom is -0.481 e. The van der Waals surface area contributed by atoms with Crippen molar-refractivity contribution in [3.8, 4) is 0 Å². The summed E-state index contributed by atoms with van der Waals surface area (Å²) in [6, 6.07) is 15.3. The lowest BCUT2D eigenvalue weighted by Crippen LogP contribution is -2.31. The van der Waals surface area contributed by atoms with Gasteiger partial charge in [-0.15, -0.1) is 0 Å². The van der Waals surface area contributed by atoms with Crippen molar-refractivity contribution in [3.63, 3.8) is 0 Å². The summed E-state index contributed by atoms with van der Waals surface area (Å²) in [4.78, 5) is 25.6. The Hall–Kier alpha value is -2.69. The van der Waals surface area contributed by atoms with Gasteiger partial charge >= 0.3 is 5.97 Å². The highest BCUT2D eigenvalue weighted by Gasteiger charge is 2.40. The Balaban J connectivity index is 1.75. The molecule has 5 heteroatoms. The summed E-state index contributed by atoms with van der Waals surface area (Å²) < 4.78 is 13.2. The number of halogens is 1. The van der Waals surface area contributed by atoms with E-state index in [4.69, 9.17) is 0 Å². The second-order valence-electron chi connectivity index (χ2n) is 6.07. The van der Waals surface area contributed by atoms with Crippen molar-refractivity contribution in [2.75, 3.05) is 13.1 Å². The van der Waals surface area contributed by atoms with Crippen LogP contribution in [-0.2, 0) is 16.0 Å². The lowest BCUT2D eigenvalue weighted by atomic mass is 9.89. The van der Waals surface area contributed by atoms with Crippen LogP contribution >= 0.6 is 0 Å². The van der Waals surface area contributed by atoms with E-state index in [1.165, 1.54) is 12.1 Å². The Labute approximate surface area is 139 Å². The van der Waals surface area contributed by atoms with Crippen LogP contribution in [0.5, 0.6) is 0 Å². The van der Waals surface area contributed by atoms with Gasteiger partial charge in [-0.1, -0.05) is 42.5 Å². The van der Waals surface area contributed by atoms with Crippen molar-refractivity contribution in [3.05, 3.63) is 71.5 Å². The SMILES string of the molecule is O=C(O)[C@@H]1CN(C(=O)Cc2cccc(F)c2)C[C@@H]1c1ccccc1. The van der Waals surface area contributed by atoms with Crippen molar-refractivity contribution in [2.45, 2.75) is 12.3 Å². The van der Waals surface area contributed by atoms with Crippen LogP contribution in [0.3, 0.4) is 0 Å². The Bertz CT molecular complexity index is 747. The third kappa shape index (κ3) is 3.45. The molecule has 24 heavy (non-hydrogen) atoms. The maximum Gasteiger partial charge on any atom is 0.308 e. The maximum absolute atomic E-state index is 13.2. The summed E-state index contributed by atoms with van der Waals surface area (Å²) in [5.74, 6) is -2.30. The van der Waals surface area contributed by atoms with Gasteiger partial charge in [0.25, 0.3) is 0 Å². The number of nitrogens with zero attached hydrogens (tertiary/aromatic N) is 1. The Kier molecular flexibility index (Phi) is 4.60. The molecular weight excluding hydrogens is 309 g/mol. The first-order chi connectivity index (χ1) is 11.5. The molecule has 0 spiro atoms. The van der Waals surface area contributed by atoms with Crippen molar-refractivity contribution in [1.82, 2.24) is 4.90 Å². The number of rotatable bonds is 4. The number of carboxylic acid groups (broad SMARTS) is 1. The molecule has 1 aliphatic rings. The van der Waals surface area contributed by atoms with Gasteiger partial charge in [0.15, 0.2) is 0 Å². The van der Waals surface area contributed by atoms with Crippen LogP contribution in [-0.4, -0.2) is 35.0 Å². The number of carbonyl (C=O) groups excluding carboxylic acids is 1. The molecule has 1 saturated heterocycles. The molecule has 0 radical (unpaired) electrons. The predicted molar refractivity (Wildman–Crippen MR) is 87.0 cm³/mol. The quantitative estimate of drug-likeness (QED) is 0.939. The molecule has 0 unspecified atom stereocenters. The van der Waals surface area contributed by atoms with Gasteiger partial charge in [-0.2, -0.15) is 0 Å². The molecule has 0 aromatic heterocycles. The molecular formula is C19H18FNO3. The molecule has 1 fully saturated rings. The molecule has 2 aromatic carbocycles. The van der Waals surface area contributed by atoms with Gasteiger partial charge in [0.1, 0.15) is 5.82 Å². The number of benzene rings is 2. The monoisotopic (exact) mass is 327 g/mol. The summed E-state index contributed by atoms with van der Waals surface area (Å²) >= 11 is 0. The van der Waals surface area contributed by atoms with E-state index >= 15 is 0 Å². The number of hydrogen-bond donors (Lipinski definition) is 1. The molecule has 2 aromatic rings. The molecule has 0 aliphatic carbocycles. The van der Waals surface area contributed by atoms with Crippen molar-refractivity contribution in [1.29, 1.82) is 0 Å². The van der Waals surface area contributed by atoms with Gasteiger partial charge in [-0.05, 0) is 23.3 Å². The van der Waals surface area contributed by atoms with E-state index in [2.05, 4.69) is 0 Å². The minimum absolute atomic E-state index is 0.0750. The molecule has 0 saturated carbocycles. The minimum atomic E-state index is -0.898. The predicted octanol–water partition coefficient (Wildman–Crippen LogP) is 2.70. The van der Waals surface area contributed by atoms with Crippen LogP contribution in [0.1, 0.15) is 17.0 Å². The summed E-state index contributed by atoms with van der Waals surface area (Å²) in [7, 11) is 0. The lowest BCUT2D eigenvalue weighted by molar-refractivity contribution is -0.141. The molecule has 1 amide bonds. The summed E-state index contributed by atoms with van der Waals surface area (Å²) in [5, 5.41) is 9.48. The van der Waals surface area contributed by atoms with E-state index in [0.29, 0.717) is 12.1 Å². The highest BCUT2D eigenvalue weighted by atomic mass is 19.1. The second kappa shape index (κ2) is 6.83. The number of carboxylic acids is 1. The molecule has 4 nitrogen and oxygen atoms in total. The van der Waals surface area contributed by atoms with Crippen molar-refractivity contribution < 1.29 is 19.1 Å². The standard InChI is InChI=1S/C19H18FNO3/c20-15-8-4-5-13(9-15)10-18(22)21-11-16(17(12-21)19(23)24)14-6-2-1-3-7-14/h1-9,16-17H,10-12H2,(H,23,24)/t16-,17-/m1/s1. The maximum atomic E-state index is 13.2. The zero-order valence-corrected chi connectivity index (χ0v) is 13.1. The fourth-order valence-corrected chi connectivity index (χ4v) is 3.23. The Morgan fingerprint density at radius 1 is 1.08 bits per heavy atom. The van der Waals surface area contributed by atoms with E-state index in [0.717, 1.165) is 5.56 Å². The van der Waals surface area contributed by atoms with Crippen LogP contribution in [0.2, 0.25) is 0 Å². The molecule has 1 N–H and O–H groups in total. The average molecular weight is 327 g/mol. The fraction of sp³-hybridized carbons (Fsp3) is 0.263. The van der Waals surface area contributed by atoms with E-state index in [-0.39, 0.29) is 30.6 Å². The molecule has 0 bridgehead atoms.